The number of rotatable bonds is 5. The van der Waals surface area contributed by atoms with Crippen molar-refractivity contribution in [1.29, 1.82) is 0 Å². The van der Waals surface area contributed by atoms with E-state index in [0.29, 0.717) is 23.9 Å². The fourth-order valence-corrected chi connectivity index (χ4v) is 4.54. The SMILES string of the molecule is O=c1[nH]c(-c2ccc(Cl)cc2)nc2c1CN(Cc1cccnc1OC1CCCC1)CC2. The van der Waals surface area contributed by atoms with Gasteiger partial charge in [-0.1, -0.05) is 17.7 Å². The van der Waals surface area contributed by atoms with Gasteiger partial charge in [-0.15, -0.1) is 0 Å². The van der Waals surface area contributed by atoms with Crippen LogP contribution in [0.5, 0.6) is 5.88 Å². The van der Waals surface area contributed by atoms with Gasteiger partial charge in [-0.25, -0.2) is 9.97 Å². The van der Waals surface area contributed by atoms with E-state index in [9.17, 15) is 4.79 Å². The fraction of sp³-hybridized carbons (Fsp3) is 0.375. The molecule has 5 rings (SSSR count). The van der Waals surface area contributed by atoms with Gasteiger partial charge in [-0.05, 0) is 56.0 Å². The van der Waals surface area contributed by atoms with Gasteiger partial charge in [0.15, 0.2) is 0 Å². The molecule has 1 aromatic carbocycles. The Morgan fingerprint density at radius 3 is 2.77 bits per heavy atom. The number of pyridine rings is 1. The molecule has 3 aromatic rings. The second kappa shape index (κ2) is 8.81. The van der Waals surface area contributed by atoms with Crippen LogP contribution in [0.4, 0.5) is 0 Å². The first kappa shape index (κ1) is 20.2. The third-order valence-corrected chi connectivity index (χ3v) is 6.34. The predicted octanol–water partition coefficient (Wildman–Crippen LogP) is 4.37. The third-order valence-electron chi connectivity index (χ3n) is 6.09. The van der Waals surface area contributed by atoms with Crippen LogP contribution < -0.4 is 10.3 Å². The molecule has 0 atom stereocenters. The molecule has 1 aliphatic carbocycles. The number of aromatic nitrogens is 3. The van der Waals surface area contributed by atoms with Crippen LogP contribution in [-0.4, -0.2) is 32.5 Å². The zero-order chi connectivity index (χ0) is 21.2. The number of H-pyrrole nitrogens is 1. The van der Waals surface area contributed by atoms with Gasteiger partial charge in [0.25, 0.3) is 5.56 Å². The molecule has 1 N–H and O–H groups in total. The van der Waals surface area contributed by atoms with E-state index in [1.54, 1.807) is 18.3 Å². The molecule has 160 valence electrons. The second-order valence-electron chi connectivity index (χ2n) is 8.30. The molecule has 1 saturated carbocycles. The third kappa shape index (κ3) is 4.50. The minimum absolute atomic E-state index is 0.0757. The molecule has 1 aliphatic heterocycles. The van der Waals surface area contributed by atoms with Crippen molar-refractivity contribution >= 4 is 11.6 Å². The van der Waals surface area contributed by atoms with Crippen LogP contribution in [0.15, 0.2) is 47.4 Å². The van der Waals surface area contributed by atoms with Crippen molar-refractivity contribution in [3.05, 3.63) is 74.8 Å². The summed E-state index contributed by atoms with van der Waals surface area (Å²) in [5.41, 5.74) is 3.47. The number of nitrogens with zero attached hydrogens (tertiary/aromatic N) is 3. The summed E-state index contributed by atoms with van der Waals surface area (Å²) in [6.07, 6.45) is 7.45. The lowest BCUT2D eigenvalue weighted by Crippen LogP contribution is -2.35. The van der Waals surface area contributed by atoms with Crippen LogP contribution >= 0.6 is 11.6 Å². The quantitative estimate of drug-likeness (QED) is 0.643. The highest BCUT2D eigenvalue weighted by atomic mass is 35.5. The summed E-state index contributed by atoms with van der Waals surface area (Å²) in [6, 6.07) is 11.4. The van der Waals surface area contributed by atoms with Crippen molar-refractivity contribution in [2.24, 2.45) is 0 Å². The molecule has 0 spiro atoms. The first-order valence-electron chi connectivity index (χ1n) is 10.9. The van der Waals surface area contributed by atoms with Gasteiger partial charge in [0, 0.05) is 48.4 Å². The molecule has 2 aromatic heterocycles. The zero-order valence-electron chi connectivity index (χ0n) is 17.3. The van der Waals surface area contributed by atoms with E-state index < -0.39 is 0 Å². The Morgan fingerprint density at radius 2 is 1.97 bits per heavy atom. The molecule has 0 saturated heterocycles. The maximum absolute atomic E-state index is 12.8. The Bertz CT molecular complexity index is 1120. The molecule has 0 unspecified atom stereocenters. The molecule has 2 aliphatic rings. The van der Waals surface area contributed by atoms with Crippen LogP contribution in [0.25, 0.3) is 11.4 Å². The molecule has 0 radical (unpaired) electrons. The van der Waals surface area contributed by atoms with Crippen molar-refractivity contribution in [3.63, 3.8) is 0 Å². The second-order valence-corrected chi connectivity index (χ2v) is 8.74. The Morgan fingerprint density at radius 1 is 1.16 bits per heavy atom. The van der Waals surface area contributed by atoms with E-state index in [1.165, 1.54) is 12.8 Å². The van der Waals surface area contributed by atoms with Gasteiger partial charge < -0.3 is 9.72 Å². The standard InChI is InChI=1S/C24H25ClN4O2/c25-18-9-7-16(8-10-18)22-27-21-11-13-29(15-20(21)23(30)28-22)14-17-4-3-12-26-24(17)31-19-5-1-2-6-19/h3-4,7-10,12,19H,1-2,5-6,11,13-15H2,(H,27,28,30). The van der Waals surface area contributed by atoms with E-state index >= 15 is 0 Å². The average molecular weight is 437 g/mol. The molecule has 0 amide bonds. The smallest absolute Gasteiger partial charge is 0.255 e. The number of hydrogen-bond donors (Lipinski definition) is 1. The number of halogens is 1. The topological polar surface area (TPSA) is 71.1 Å². The maximum Gasteiger partial charge on any atom is 0.255 e. The summed E-state index contributed by atoms with van der Waals surface area (Å²) in [5, 5.41) is 0.659. The van der Waals surface area contributed by atoms with Gasteiger partial charge in [-0.3, -0.25) is 9.69 Å². The number of ether oxygens (including phenoxy) is 1. The van der Waals surface area contributed by atoms with E-state index in [-0.39, 0.29) is 11.7 Å². The van der Waals surface area contributed by atoms with Gasteiger partial charge in [0.05, 0.1) is 11.3 Å². The first-order valence-corrected chi connectivity index (χ1v) is 11.2. The van der Waals surface area contributed by atoms with Gasteiger partial charge in [0.2, 0.25) is 5.88 Å². The molecular weight excluding hydrogens is 412 g/mol. The molecule has 31 heavy (non-hydrogen) atoms. The highest BCUT2D eigenvalue weighted by Crippen LogP contribution is 2.27. The number of benzene rings is 1. The molecule has 0 bridgehead atoms. The lowest BCUT2D eigenvalue weighted by molar-refractivity contribution is 0.190. The molecule has 1 fully saturated rings. The molecule has 7 heteroatoms. The molecular formula is C24H25ClN4O2. The van der Waals surface area contributed by atoms with E-state index in [1.807, 2.05) is 18.2 Å². The lowest BCUT2D eigenvalue weighted by Gasteiger charge is -2.28. The normalized spacial score (nSPS) is 16.9. The minimum atomic E-state index is -0.0757. The summed E-state index contributed by atoms with van der Waals surface area (Å²) in [4.78, 5) is 27.3. The van der Waals surface area contributed by atoms with Crippen LogP contribution in [0.1, 0.15) is 42.5 Å². The van der Waals surface area contributed by atoms with Crippen molar-refractivity contribution in [3.8, 4) is 17.3 Å². The van der Waals surface area contributed by atoms with E-state index in [4.69, 9.17) is 21.3 Å². The Labute approximate surface area is 186 Å². The summed E-state index contributed by atoms with van der Waals surface area (Å²) in [7, 11) is 0. The summed E-state index contributed by atoms with van der Waals surface area (Å²) in [6.45, 7) is 2.10. The number of nitrogens with one attached hydrogen (secondary N) is 1. The zero-order valence-corrected chi connectivity index (χ0v) is 18.1. The first-order chi connectivity index (χ1) is 15.2. The van der Waals surface area contributed by atoms with E-state index in [0.717, 1.165) is 54.1 Å². The Kier molecular flexibility index (Phi) is 5.74. The van der Waals surface area contributed by atoms with E-state index in [2.05, 4.69) is 20.9 Å². The van der Waals surface area contributed by atoms with Crippen molar-refractivity contribution in [1.82, 2.24) is 19.9 Å². The van der Waals surface area contributed by atoms with Crippen molar-refractivity contribution in [2.75, 3.05) is 6.54 Å². The number of aromatic amines is 1. The number of fused-ring (bicyclic) bond motifs is 1. The molecule has 3 heterocycles. The van der Waals surface area contributed by atoms with Crippen LogP contribution in [0, 0.1) is 0 Å². The Balaban J connectivity index is 1.33. The summed E-state index contributed by atoms with van der Waals surface area (Å²) < 4.78 is 6.19. The van der Waals surface area contributed by atoms with Gasteiger partial charge >= 0.3 is 0 Å². The average Bonchev–Trinajstić information content (AvgIpc) is 3.29. The highest BCUT2D eigenvalue weighted by Gasteiger charge is 2.24. The predicted molar refractivity (Wildman–Crippen MR) is 120 cm³/mol. The fourth-order valence-electron chi connectivity index (χ4n) is 4.42. The number of hydrogen-bond acceptors (Lipinski definition) is 5. The Hall–Kier alpha value is -2.70. The van der Waals surface area contributed by atoms with Gasteiger partial charge in [0.1, 0.15) is 11.9 Å². The van der Waals surface area contributed by atoms with Crippen LogP contribution in [0.2, 0.25) is 5.02 Å². The summed E-state index contributed by atoms with van der Waals surface area (Å²) in [5.74, 6) is 1.32. The lowest BCUT2D eigenvalue weighted by atomic mass is 10.1. The van der Waals surface area contributed by atoms with Crippen LogP contribution in [-0.2, 0) is 19.5 Å². The monoisotopic (exact) mass is 436 g/mol. The summed E-state index contributed by atoms with van der Waals surface area (Å²) >= 11 is 5.98. The van der Waals surface area contributed by atoms with Crippen LogP contribution in [0.3, 0.4) is 0 Å². The highest BCUT2D eigenvalue weighted by molar-refractivity contribution is 6.30. The van der Waals surface area contributed by atoms with Crippen molar-refractivity contribution in [2.45, 2.75) is 51.3 Å². The maximum atomic E-state index is 12.8. The minimum Gasteiger partial charge on any atom is -0.474 e. The van der Waals surface area contributed by atoms with Gasteiger partial charge in [-0.2, -0.15) is 0 Å². The molecule has 6 nitrogen and oxygen atoms in total. The van der Waals surface area contributed by atoms with Crippen molar-refractivity contribution < 1.29 is 4.74 Å². The largest absolute Gasteiger partial charge is 0.474 e.